The Kier molecular flexibility index (Phi) is 2.30. The number of nitrogen functional groups attached to an aromatic ring is 1. The summed E-state index contributed by atoms with van der Waals surface area (Å²) in [6, 6.07) is 4.08. The largest absolute Gasteiger partial charge is 0.383 e. The van der Waals surface area contributed by atoms with Gasteiger partial charge in [-0.25, -0.2) is 9.97 Å². The molecule has 2 aromatic heterocycles. The monoisotopic (exact) mass is 239 g/mol. The maximum Gasteiger partial charge on any atom is 0.142 e. The SMILES string of the molecule is Cc1ncc(-c2cc(C3CC3)nc(N)c2C#N)[nH]1. The van der Waals surface area contributed by atoms with Gasteiger partial charge in [0, 0.05) is 17.2 Å². The van der Waals surface area contributed by atoms with Crippen LogP contribution in [0, 0.1) is 18.3 Å². The van der Waals surface area contributed by atoms with Gasteiger partial charge in [0.15, 0.2) is 0 Å². The quantitative estimate of drug-likeness (QED) is 0.839. The molecule has 0 bridgehead atoms. The smallest absolute Gasteiger partial charge is 0.142 e. The first-order valence-corrected chi connectivity index (χ1v) is 5.91. The molecular weight excluding hydrogens is 226 g/mol. The zero-order valence-electron chi connectivity index (χ0n) is 10.1. The number of H-pyrrole nitrogens is 1. The second kappa shape index (κ2) is 3.84. The summed E-state index contributed by atoms with van der Waals surface area (Å²) in [5, 5.41) is 9.21. The van der Waals surface area contributed by atoms with E-state index in [0.717, 1.165) is 35.6 Å². The maximum atomic E-state index is 9.21. The first kappa shape index (κ1) is 10.8. The van der Waals surface area contributed by atoms with Gasteiger partial charge in [0.05, 0.1) is 11.9 Å². The number of hydrogen-bond donors (Lipinski definition) is 2. The van der Waals surface area contributed by atoms with Crippen molar-refractivity contribution in [3.8, 4) is 17.3 Å². The zero-order valence-corrected chi connectivity index (χ0v) is 10.1. The van der Waals surface area contributed by atoms with Gasteiger partial charge in [-0.15, -0.1) is 0 Å². The van der Waals surface area contributed by atoms with Crippen LogP contribution >= 0.6 is 0 Å². The molecular formula is C13H13N5. The molecule has 0 amide bonds. The number of hydrogen-bond acceptors (Lipinski definition) is 4. The molecule has 1 saturated carbocycles. The summed E-state index contributed by atoms with van der Waals surface area (Å²) in [5.74, 6) is 1.63. The topological polar surface area (TPSA) is 91.4 Å². The highest BCUT2D eigenvalue weighted by Crippen LogP contribution is 2.41. The molecule has 2 aromatic rings. The molecule has 0 saturated heterocycles. The average Bonchev–Trinajstić information content (AvgIpc) is 3.11. The maximum absolute atomic E-state index is 9.21. The van der Waals surface area contributed by atoms with Crippen LogP contribution in [0.15, 0.2) is 12.3 Å². The Morgan fingerprint density at radius 1 is 1.50 bits per heavy atom. The second-order valence-corrected chi connectivity index (χ2v) is 4.62. The molecule has 3 rings (SSSR count). The highest BCUT2D eigenvalue weighted by Gasteiger charge is 2.27. The Labute approximate surface area is 105 Å². The summed E-state index contributed by atoms with van der Waals surface area (Å²) in [7, 11) is 0. The van der Waals surface area contributed by atoms with Crippen molar-refractivity contribution in [2.24, 2.45) is 0 Å². The number of nitrogens with zero attached hydrogens (tertiary/aromatic N) is 3. The van der Waals surface area contributed by atoms with Crippen molar-refractivity contribution in [2.75, 3.05) is 5.73 Å². The fourth-order valence-corrected chi connectivity index (χ4v) is 2.06. The summed E-state index contributed by atoms with van der Waals surface area (Å²) < 4.78 is 0. The van der Waals surface area contributed by atoms with Gasteiger partial charge in [0.1, 0.15) is 23.3 Å². The number of pyridine rings is 1. The lowest BCUT2D eigenvalue weighted by atomic mass is 10.0. The molecule has 90 valence electrons. The van der Waals surface area contributed by atoms with Crippen molar-refractivity contribution in [3.63, 3.8) is 0 Å². The van der Waals surface area contributed by atoms with E-state index in [1.807, 2.05) is 13.0 Å². The van der Waals surface area contributed by atoms with Crippen LogP contribution in [0.1, 0.15) is 35.8 Å². The van der Waals surface area contributed by atoms with E-state index in [2.05, 4.69) is 21.0 Å². The number of nitriles is 1. The van der Waals surface area contributed by atoms with E-state index in [0.29, 0.717) is 17.3 Å². The minimum Gasteiger partial charge on any atom is -0.383 e. The number of rotatable bonds is 2. The first-order valence-electron chi connectivity index (χ1n) is 5.91. The van der Waals surface area contributed by atoms with E-state index in [9.17, 15) is 5.26 Å². The van der Waals surface area contributed by atoms with Crippen molar-refractivity contribution in [3.05, 3.63) is 29.3 Å². The molecule has 0 atom stereocenters. The van der Waals surface area contributed by atoms with Crippen molar-refractivity contribution in [2.45, 2.75) is 25.7 Å². The molecule has 0 radical (unpaired) electrons. The van der Waals surface area contributed by atoms with Gasteiger partial charge in [-0.3, -0.25) is 0 Å². The fourth-order valence-electron chi connectivity index (χ4n) is 2.06. The van der Waals surface area contributed by atoms with E-state index >= 15 is 0 Å². The van der Waals surface area contributed by atoms with Crippen LogP contribution < -0.4 is 5.73 Å². The average molecular weight is 239 g/mol. The lowest BCUT2D eigenvalue weighted by Gasteiger charge is -2.07. The van der Waals surface area contributed by atoms with Gasteiger partial charge in [-0.05, 0) is 25.8 Å². The third kappa shape index (κ3) is 1.72. The molecule has 5 heteroatoms. The van der Waals surface area contributed by atoms with Crippen LogP contribution in [0.2, 0.25) is 0 Å². The summed E-state index contributed by atoms with van der Waals surface area (Å²) >= 11 is 0. The van der Waals surface area contributed by atoms with Crippen LogP contribution in [0.5, 0.6) is 0 Å². The van der Waals surface area contributed by atoms with Crippen LogP contribution in [-0.2, 0) is 0 Å². The van der Waals surface area contributed by atoms with Gasteiger partial charge in [0.2, 0.25) is 0 Å². The molecule has 0 aliphatic heterocycles. The van der Waals surface area contributed by atoms with Gasteiger partial charge < -0.3 is 10.7 Å². The van der Waals surface area contributed by atoms with Gasteiger partial charge in [0.25, 0.3) is 0 Å². The van der Waals surface area contributed by atoms with Gasteiger partial charge in [-0.2, -0.15) is 5.26 Å². The molecule has 2 heterocycles. The number of anilines is 1. The Balaban J connectivity index is 2.19. The number of imidazole rings is 1. The summed E-state index contributed by atoms with van der Waals surface area (Å²) in [6.07, 6.45) is 4.03. The third-order valence-electron chi connectivity index (χ3n) is 3.17. The Bertz CT molecular complexity index is 646. The standard InChI is InChI=1S/C13H13N5/c1-7-16-6-12(17-7)9-4-11(8-2-3-8)18-13(15)10(9)5-14/h4,6,8H,2-3H2,1H3,(H2,15,18)(H,16,17). The molecule has 0 spiro atoms. The molecule has 3 N–H and O–H groups in total. The number of nitrogens with two attached hydrogens (primary N) is 1. The number of aromatic nitrogens is 3. The van der Waals surface area contributed by atoms with Crippen LogP contribution in [-0.4, -0.2) is 15.0 Å². The minimum absolute atomic E-state index is 0.309. The highest BCUT2D eigenvalue weighted by molar-refractivity contribution is 5.73. The van der Waals surface area contributed by atoms with Gasteiger partial charge >= 0.3 is 0 Å². The number of aryl methyl sites for hydroxylation is 1. The van der Waals surface area contributed by atoms with E-state index < -0.39 is 0 Å². The summed E-state index contributed by atoms with van der Waals surface area (Å²) in [6.45, 7) is 1.88. The van der Waals surface area contributed by atoms with E-state index in [1.54, 1.807) is 6.20 Å². The molecule has 5 nitrogen and oxygen atoms in total. The van der Waals surface area contributed by atoms with E-state index in [4.69, 9.17) is 5.73 Å². The zero-order chi connectivity index (χ0) is 12.7. The minimum atomic E-state index is 0.309. The Morgan fingerprint density at radius 2 is 2.28 bits per heavy atom. The number of aromatic amines is 1. The van der Waals surface area contributed by atoms with E-state index in [-0.39, 0.29) is 0 Å². The lowest BCUT2D eigenvalue weighted by Crippen LogP contribution is -2.01. The molecule has 18 heavy (non-hydrogen) atoms. The van der Waals surface area contributed by atoms with Crippen LogP contribution in [0.25, 0.3) is 11.3 Å². The van der Waals surface area contributed by atoms with E-state index in [1.165, 1.54) is 0 Å². The predicted molar refractivity (Wildman–Crippen MR) is 67.7 cm³/mol. The van der Waals surface area contributed by atoms with Crippen molar-refractivity contribution in [1.82, 2.24) is 15.0 Å². The lowest BCUT2D eigenvalue weighted by molar-refractivity contribution is 1.03. The number of nitrogens with one attached hydrogen (secondary N) is 1. The Hall–Kier alpha value is -2.35. The third-order valence-corrected chi connectivity index (χ3v) is 3.17. The normalized spacial score (nSPS) is 14.4. The van der Waals surface area contributed by atoms with Crippen molar-refractivity contribution < 1.29 is 0 Å². The summed E-state index contributed by atoms with van der Waals surface area (Å²) in [4.78, 5) is 11.6. The highest BCUT2D eigenvalue weighted by atomic mass is 14.9. The Morgan fingerprint density at radius 3 is 2.83 bits per heavy atom. The fraction of sp³-hybridized carbons (Fsp3) is 0.308. The first-order chi connectivity index (χ1) is 8.69. The van der Waals surface area contributed by atoms with Crippen LogP contribution in [0.4, 0.5) is 5.82 Å². The van der Waals surface area contributed by atoms with Gasteiger partial charge in [-0.1, -0.05) is 0 Å². The molecule has 1 fully saturated rings. The summed E-state index contributed by atoms with van der Waals surface area (Å²) in [5.41, 5.74) is 8.89. The molecule has 0 aromatic carbocycles. The molecule has 0 unspecified atom stereocenters. The molecule has 1 aliphatic rings. The predicted octanol–water partition coefficient (Wildman–Crippen LogP) is 2.11. The second-order valence-electron chi connectivity index (χ2n) is 4.62. The molecule has 1 aliphatic carbocycles. The van der Waals surface area contributed by atoms with Crippen molar-refractivity contribution in [1.29, 1.82) is 5.26 Å². The van der Waals surface area contributed by atoms with Crippen LogP contribution in [0.3, 0.4) is 0 Å². The van der Waals surface area contributed by atoms with Crippen molar-refractivity contribution >= 4 is 5.82 Å².